The highest BCUT2D eigenvalue weighted by molar-refractivity contribution is 5.92. The predicted octanol–water partition coefficient (Wildman–Crippen LogP) is 0.702. The average molecular weight is 337 g/mol. The van der Waals surface area contributed by atoms with E-state index in [4.69, 9.17) is 4.74 Å². The number of rotatable bonds is 8. The molecule has 0 aliphatic carbocycles. The maximum Gasteiger partial charge on any atom is 0.338 e. The zero-order valence-corrected chi connectivity index (χ0v) is 13.5. The van der Waals surface area contributed by atoms with E-state index < -0.39 is 23.4 Å². The minimum Gasteiger partial charge on any atom is -0.452 e. The van der Waals surface area contributed by atoms with Crippen LogP contribution in [0.15, 0.2) is 18.2 Å². The summed E-state index contributed by atoms with van der Waals surface area (Å²) in [5.41, 5.74) is 0.176. The van der Waals surface area contributed by atoms with E-state index in [1.54, 1.807) is 6.92 Å². The fourth-order valence-electron chi connectivity index (χ4n) is 1.70. The standard InChI is InChI=1S/C15H19N3O6/c1-3-6-16-13(19)8-17-14(20)9-24-15(21)11-5-4-10(2)12(7-11)18(22)23/h4-5,7H,3,6,8-9H2,1-2H3,(H,16,19)(H,17,20). The van der Waals surface area contributed by atoms with Crippen molar-refractivity contribution in [3.05, 3.63) is 39.4 Å². The van der Waals surface area contributed by atoms with Crippen molar-refractivity contribution < 1.29 is 24.0 Å². The van der Waals surface area contributed by atoms with Gasteiger partial charge in [0.1, 0.15) is 0 Å². The molecule has 24 heavy (non-hydrogen) atoms. The first-order valence-electron chi connectivity index (χ1n) is 7.30. The van der Waals surface area contributed by atoms with Gasteiger partial charge in [0, 0.05) is 18.2 Å². The number of nitrogens with one attached hydrogen (secondary N) is 2. The van der Waals surface area contributed by atoms with Gasteiger partial charge in [0.25, 0.3) is 11.6 Å². The Hall–Kier alpha value is -2.97. The molecule has 0 radical (unpaired) electrons. The van der Waals surface area contributed by atoms with E-state index in [2.05, 4.69) is 10.6 Å². The Labute approximate surface area is 138 Å². The molecule has 0 aromatic heterocycles. The number of amides is 2. The summed E-state index contributed by atoms with van der Waals surface area (Å²) in [6.07, 6.45) is 0.778. The number of carbonyl (C=O) groups excluding carboxylic acids is 3. The maximum atomic E-state index is 11.8. The van der Waals surface area contributed by atoms with E-state index in [1.807, 2.05) is 6.92 Å². The number of benzene rings is 1. The van der Waals surface area contributed by atoms with Crippen LogP contribution in [0.1, 0.15) is 29.3 Å². The Morgan fingerprint density at radius 2 is 1.92 bits per heavy atom. The van der Waals surface area contributed by atoms with Crippen molar-refractivity contribution >= 4 is 23.5 Å². The lowest BCUT2D eigenvalue weighted by Crippen LogP contribution is -2.38. The highest BCUT2D eigenvalue weighted by Gasteiger charge is 2.17. The molecule has 0 heterocycles. The molecule has 1 rings (SSSR count). The molecule has 0 bridgehead atoms. The van der Waals surface area contributed by atoms with Gasteiger partial charge in [0.05, 0.1) is 17.0 Å². The Bertz CT molecular complexity index is 644. The summed E-state index contributed by atoms with van der Waals surface area (Å²) < 4.78 is 4.77. The number of nitro benzene ring substituents is 1. The Balaban J connectivity index is 2.48. The Morgan fingerprint density at radius 1 is 1.21 bits per heavy atom. The molecule has 1 aromatic carbocycles. The van der Waals surface area contributed by atoms with Gasteiger partial charge in [-0.25, -0.2) is 4.79 Å². The molecular formula is C15H19N3O6. The second kappa shape index (κ2) is 9.23. The molecule has 2 amide bonds. The van der Waals surface area contributed by atoms with Crippen LogP contribution >= 0.6 is 0 Å². The second-order valence-corrected chi connectivity index (χ2v) is 4.96. The normalized spacial score (nSPS) is 9.92. The summed E-state index contributed by atoms with van der Waals surface area (Å²) >= 11 is 0. The summed E-state index contributed by atoms with van der Waals surface area (Å²) in [5, 5.41) is 15.7. The predicted molar refractivity (Wildman–Crippen MR) is 84.4 cm³/mol. The summed E-state index contributed by atoms with van der Waals surface area (Å²) in [5.74, 6) is -1.84. The van der Waals surface area contributed by atoms with Crippen molar-refractivity contribution in [1.29, 1.82) is 0 Å². The minimum atomic E-state index is -0.858. The van der Waals surface area contributed by atoms with Gasteiger partial charge in [-0.1, -0.05) is 13.0 Å². The molecule has 1 aromatic rings. The topological polar surface area (TPSA) is 128 Å². The van der Waals surface area contributed by atoms with Gasteiger partial charge in [-0.3, -0.25) is 19.7 Å². The number of hydrogen-bond acceptors (Lipinski definition) is 6. The number of esters is 1. The van der Waals surface area contributed by atoms with Crippen LogP contribution < -0.4 is 10.6 Å². The monoisotopic (exact) mass is 337 g/mol. The maximum absolute atomic E-state index is 11.8. The number of nitro groups is 1. The number of aryl methyl sites for hydroxylation is 1. The van der Waals surface area contributed by atoms with Gasteiger partial charge in [-0.15, -0.1) is 0 Å². The third-order valence-electron chi connectivity index (χ3n) is 2.99. The van der Waals surface area contributed by atoms with Crippen LogP contribution in [0.4, 0.5) is 5.69 Å². The van der Waals surface area contributed by atoms with Crippen LogP contribution in [0.25, 0.3) is 0 Å². The van der Waals surface area contributed by atoms with Crippen LogP contribution in [-0.2, 0) is 14.3 Å². The molecule has 0 aliphatic heterocycles. The van der Waals surface area contributed by atoms with E-state index in [0.717, 1.165) is 12.5 Å². The second-order valence-electron chi connectivity index (χ2n) is 4.96. The quantitative estimate of drug-likeness (QED) is 0.408. The molecule has 0 saturated carbocycles. The van der Waals surface area contributed by atoms with Crippen molar-refractivity contribution in [2.75, 3.05) is 19.7 Å². The summed E-state index contributed by atoms with van der Waals surface area (Å²) in [6.45, 7) is 3.15. The van der Waals surface area contributed by atoms with Crippen molar-refractivity contribution in [1.82, 2.24) is 10.6 Å². The lowest BCUT2D eigenvalue weighted by Gasteiger charge is -2.07. The van der Waals surface area contributed by atoms with Gasteiger partial charge in [-0.2, -0.15) is 0 Å². The van der Waals surface area contributed by atoms with Crippen molar-refractivity contribution in [2.24, 2.45) is 0 Å². The lowest BCUT2D eigenvalue weighted by atomic mass is 10.1. The minimum absolute atomic E-state index is 0.0270. The highest BCUT2D eigenvalue weighted by atomic mass is 16.6. The number of ether oxygens (including phenoxy) is 1. The first-order valence-corrected chi connectivity index (χ1v) is 7.30. The largest absolute Gasteiger partial charge is 0.452 e. The van der Waals surface area contributed by atoms with Crippen LogP contribution in [0, 0.1) is 17.0 Å². The molecule has 0 aliphatic rings. The summed E-state index contributed by atoms with van der Waals surface area (Å²) in [4.78, 5) is 44.9. The molecule has 2 N–H and O–H groups in total. The fourth-order valence-corrected chi connectivity index (χ4v) is 1.70. The van der Waals surface area contributed by atoms with Crippen molar-refractivity contribution in [3.63, 3.8) is 0 Å². The van der Waals surface area contributed by atoms with E-state index in [0.29, 0.717) is 12.1 Å². The van der Waals surface area contributed by atoms with Gasteiger partial charge in [0.2, 0.25) is 5.91 Å². The van der Waals surface area contributed by atoms with Crippen LogP contribution in [0.5, 0.6) is 0 Å². The zero-order chi connectivity index (χ0) is 18.1. The van der Waals surface area contributed by atoms with Crippen molar-refractivity contribution in [2.45, 2.75) is 20.3 Å². The SMILES string of the molecule is CCCNC(=O)CNC(=O)COC(=O)c1ccc(C)c([N+](=O)[O-])c1. The van der Waals surface area contributed by atoms with Crippen LogP contribution in [-0.4, -0.2) is 42.4 Å². The highest BCUT2D eigenvalue weighted by Crippen LogP contribution is 2.19. The number of hydrogen-bond donors (Lipinski definition) is 2. The molecule has 130 valence electrons. The molecular weight excluding hydrogens is 318 g/mol. The first kappa shape index (κ1) is 19.1. The number of nitrogens with zero attached hydrogens (tertiary/aromatic N) is 1. The number of carbonyl (C=O) groups is 3. The van der Waals surface area contributed by atoms with Gasteiger partial charge in [-0.05, 0) is 19.4 Å². The molecule has 0 saturated heterocycles. The lowest BCUT2D eigenvalue weighted by molar-refractivity contribution is -0.385. The molecule has 0 atom stereocenters. The third-order valence-corrected chi connectivity index (χ3v) is 2.99. The van der Waals surface area contributed by atoms with E-state index in [-0.39, 0.29) is 23.7 Å². The van der Waals surface area contributed by atoms with Gasteiger partial charge < -0.3 is 15.4 Å². The van der Waals surface area contributed by atoms with E-state index >= 15 is 0 Å². The first-order chi connectivity index (χ1) is 11.3. The smallest absolute Gasteiger partial charge is 0.338 e. The molecule has 0 unspecified atom stereocenters. The summed E-state index contributed by atoms with van der Waals surface area (Å²) in [6, 6.07) is 3.89. The average Bonchev–Trinajstić information content (AvgIpc) is 2.55. The molecule has 0 fully saturated rings. The fraction of sp³-hybridized carbons (Fsp3) is 0.400. The molecule has 9 nitrogen and oxygen atoms in total. The third kappa shape index (κ3) is 6.03. The van der Waals surface area contributed by atoms with Crippen LogP contribution in [0.2, 0.25) is 0 Å². The molecule has 9 heteroatoms. The Kier molecular flexibility index (Phi) is 7.34. The summed E-state index contributed by atoms with van der Waals surface area (Å²) in [7, 11) is 0. The Morgan fingerprint density at radius 3 is 2.54 bits per heavy atom. The van der Waals surface area contributed by atoms with Gasteiger partial charge >= 0.3 is 5.97 Å². The van der Waals surface area contributed by atoms with Gasteiger partial charge in [0.15, 0.2) is 6.61 Å². The van der Waals surface area contributed by atoms with Crippen LogP contribution in [0.3, 0.4) is 0 Å². The van der Waals surface area contributed by atoms with E-state index in [9.17, 15) is 24.5 Å². The molecule has 0 spiro atoms. The van der Waals surface area contributed by atoms with Crippen molar-refractivity contribution in [3.8, 4) is 0 Å². The van der Waals surface area contributed by atoms with E-state index in [1.165, 1.54) is 12.1 Å². The zero-order valence-electron chi connectivity index (χ0n) is 13.5.